The molecular weight excluding hydrogens is 446 g/mol. The zero-order valence-corrected chi connectivity index (χ0v) is 21.1. The minimum absolute atomic E-state index is 0.151. The van der Waals surface area contributed by atoms with Gasteiger partial charge in [0.15, 0.2) is 0 Å². The number of cyclic esters (lactones) is 1. The average molecular weight is 488 g/mol. The van der Waals surface area contributed by atoms with Crippen LogP contribution >= 0.6 is 0 Å². The third-order valence-electron chi connectivity index (χ3n) is 12.2. The van der Waals surface area contributed by atoms with Crippen molar-refractivity contribution in [2.45, 2.75) is 95.8 Å². The average Bonchev–Trinajstić information content (AvgIpc) is 3.48. The molecule has 0 bridgehead atoms. The van der Waals surface area contributed by atoms with E-state index in [1.54, 1.807) is 6.08 Å². The summed E-state index contributed by atoms with van der Waals surface area (Å²) in [5.41, 5.74) is 0.298. The van der Waals surface area contributed by atoms with Crippen molar-refractivity contribution in [2.24, 2.45) is 40.4 Å². The van der Waals surface area contributed by atoms with Gasteiger partial charge in [0.2, 0.25) is 0 Å². The maximum absolute atomic E-state index is 12.4. The molecule has 7 nitrogen and oxygen atoms in total. The van der Waals surface area contributed by atoms with E-state index in [9.17, 15) is 24.9 Å². The van der Waals surface area contributed by atoms with Crippen LogP contribution in [0.4, 0.5) is 4.79 Å². The molecule has 1 amide bonds. The van der Waals surface area contributed by atoms with E-state index in [2.05, 4.69) is 13.8 Å². The topological polar surface area (TPSA) is 107 Å². The van der Waals surface area contributed by atoms with Crippen LogP contribution in [0.1, 0.15) is 78.1 Å². The first kappa shape index (κ1) is 23.8. The lowest BCUT2D eigenvalue weighted by Gasteiger charge is -2.64. The third kappa shape index (κ3) is 3.22. The molecule has 0 aromatic heterocycles. The van der Waals surface area contributed by atoms with Crippen molar-refractivity contribution in [3.8, 4) is 0 Å². The Balaban J connectivity index is 1.23. The van der Waals surface area contributed by atoms with Crippen molar-refractivity contribution in [3.63, 3.8) is 0 Å². The first-order chi connectivity index (χ1) is 16.6. The van der Waals surface area contributed by atoms with Crippen LogP contribution < -0.4 is 0 Å². The van der Waals surface area contributed by atoms with E-state index in [4.69, 9.17) is 4.74 Å². The maximum Gasteiger partial charge on any atom is 0.407 e. The molecule has 3 N–H and O–H groups in total. The number of carbonyl (C=O) groups excluding carboxylic acids is 1. The number of carboxylic acid groups (broad SMARTS) is 1. The molecule has 35 heavy (non-hydrogen) atoms. The zero-order chi connectivity index (χ0) is 24.8. The number of aliphatic hydroxyl groups excluding tert-OH is 1. The second kappa shape index (κ2) is 7.95. The van der Waals surface area contributed by atoms with Crippen molar-refractivity contribution in [3.05, 3.63) is 11.6 Å². The Morgan fingerprint density at radius 1 is 1.06 bits per heavy atom. The molecule has 2 heterocycles. The number of ether oxygens (including phenoxy) is 1. The largest absolute Gasteiger partial charge is 0.465 e. The Bertz CT molecular complexity index is 950. The summed E-state index contributed by atoms with van der Waals surface area (Å²) in [4.78, 5) is 25.1. The van der Waals surface area contributed by atoms with Crippen LogP contribution in [0.2, 0.25) is 0 Å². The predicted molar refractivity (Wildman–Crippen MR) is 128 cm³/mol. The van der Waals surface area contributed by atoms with Crippen LogP contribution in [-0.2, 0) is 9.53 Å². The van der Waals surface area contributed by atoms with E-state index < -0.39 is 17.8 Å². The highest BCUT2D eigenvalue weighted by Gasteiger charge is 2.68. The number of rotatable bonds is 2. The second-order valence-electron chi connectivity index (χ2n) is 13.1. The number of amides is 1. The first-order valence-corrected chi connectivity index (χ1v) is 13.9. The summed E-state index contributed by atoms with van der Waals surface area (Å²) in [5.74, 6) is 1.45. The summed E-state index contributed by atoms with van der Waals surface area (Å²) >= 11 is 0. The van der Waals surface area contributed by atoms with Crippen molar-refractivity contribution in [2.75, 3.05) is 13.2 Å². The Morgan fingerprint density at radius 2 is 1.86 bits per heavy atom. The van der Waals surface area contributed by atoms with Crippen LogP contribution in [-0.4, -0.2) is 63.2 Å². The molecule has 0 spiro atoms. The molecule has 3 unspecified atom stereocenters. The van der Waals surface area contributed by atoms with Gasteiger partial charge in [-0.05, 0) is 105 Å². The molecule has 7 heteroatoms. The second-order valence-corrected chi connectivity index (χ2v) is 13.1. The summed E-state index contributed by atoms with van der Waals surface area (Å²) in [6.45, 7) is 5.52. The summed E-state index contributed by atoms with van der Waals surface area (Å²) in [6, 6.07) is -0.270. The summed E-state index contributed by atoms with van der Waals surface area (Å²) in [5, 5.41) is 32.7. The van der Waals surface area contributed by atoms with Crippen LogP contribution in [0, 0.1) is 40.4 Å². The highest BCUT2D eigenvalue weighted by molar-refractivity contribution is 5.85. The molecule has 0 radical (unpaired) electrons. The van der Waals surface area contributed by atoms with Gasteiger partial charge in [-0.3, -0.25) is 0 Å². The molecule has 2 aliphatic heterocycles. The minimum atomic E-state index is -0.905. The number of esters is 1. The Kier molecular flexibility index (Phi) is 5.40. The standard InChI is InChI=1S/C28H41NO6/c1-26-9-5-16(24-22(30)8-12-29(24)25(32)33)13-18(26)3-4-21-20(26)6-10-27(2)19(7-11-28(21,27)34)17-14-23(31)35-15-17/h14,16,18-22,24,30,34H,3-13,15H2,1-2H3,(H,32,33)/t16?,18?,19-,20+,21-,22+,24?,26+,27-,28+/m1/s1. The van der Waals surface area contributed by atoms with Crippen molar-refractivity contribution < 1.29 is 29.6 Å². The molecule has 10 atom stereocenters. The molecular formula is C28H41NO6. The van der Waals surface area contributed by atoms with Crippen LogP contribution in [0.15, 0.2) is 11.6 Å². The van der Waals surface area contributed by atoms with Gasteiger partial charge in [0.05, 0.1) is 17.7 Å². The molecule has 4 saturated carbocycles. The van der Waals surface area contributed by atoms with Gasteiger partial charge in [0, 0.05) is 18.0 Å². The summed E-state index contributed by atoms with van der Waals surface area (Å²) < 4.78 is 5.24. The van der Waals surface area contributed by atoms with Crippen molar-refractivity contribution in [1.82, 2.24) is 4.90 Å². The molecule has 4 aliphatic carbocycles. The number of aliphatic hydroxyl groups is 2. The van der Waals surface area contributed by atoms with E-state index in [1.165, 1.54) is 4.90 Å². The zero-order valence-electron chi connectivity index (χ0n) is 21.1. The number of hydrogen-bond donors (Lipinski definition) is 3. The fourth-order valence-corrected chi connectivity index (χ4v) is 10.3. The lowest BCUT2D eigenvalue weighted by atomic mass is 9.42. The van der Waals surface area contributed by atoms with Crippen molar-refractivity contribution >= 4 is 12.1 Å². The Labute approximate surface area is 207 Å². The SMILES string of the molecule is C[C@]12CCC(C3[C@@H](O)CCN3C(=O)O)CC1CC[C@@H]1[C@@H]2CC[C@]2(C)[C@@H](C3=CC(=O)OC3)CC[C@]12O. The van der Waals surface area contributed by atoms with Gasteiger partial charge < -0.3 is 25.0 Å². The van der Waals surface area contributed by atoms with Crippen LogP contribution in [0.25, 0.3) is 0 Å². The lowest BCUT2D eigenvalue weighted by Crippen LogP contribution is -2.62. The van der Waals surface area contributed by atoms with Gasteiger partial charge in [0.1, 0.15) is 6.61 Å². The molecule has 0 aromatic carbocycles. The van der Waals surface area contributed by atoms with Crippen molar-refractivity contribution in [1.29, 1.82) is 0 Å². The van der Waals surface area contributed by atoms with Gasteiger partial charge in [-0.25, -0.2) is 9.59 Å². The quantitative estimate of drug-likeness (QED) is 0.509. The van der Waals surface area contributed by atoms with Crippen LogP contribution in [0.3, 0.4) is 0 Å². The van der Waals surface area contributed by atoms with Crippen LogP contribution in [0.5, 0.6) is 0 Å². The molecule has 5 fully saturated rings. The van der Waals surface area contributed by atoms with E-state index in [0.29, 0.717) is 31.4 Å². The number of fused-ring (bicyclic) bond motifs is 5. The molecule has 6 rings (SSSR count). The molecule has 194 valence electrons. The number of nitrogens with zero attached hydrogens (tertiary/aromatic N) is 1. The third-order valence-corrected chi connectivity index (χ3v) is 12.2. The highest BCUT2D eigenvalue weighted by atomic mass is 16.5. The van der Waals surface area contributed by atoms with Gasteiger partial charge in [-0.15, -0.1) is 0 Å². The molecule has 0 aromatic rings. The number of likely N-dealkylation sites (tertiary alicyclic amines) is 1. The monoisotopic (exact) mass is 487 g/mol. The van der Waals surface area contributed by atoms with Gasteiger partial charge in [-0.1, -0.05) is 13.8 Å². The minimum Gasteiger partial charge on any atom is -0.465 e. The predicted octanol–water partition coefficient (Wildman–Crippen LogP) is 3.97. The maximum atomic E-state index is 12.4. The lowest BCUT2D eigenvalue weighted by molar-refractivity contribution is -0.207. The Morgan fingerprint density at radius 3 is 2.57 bits per heavy atom. The van der Waals surface area contributed by atoms with Gasteiger partial charge >= 0.3 is 12.1 Å². The van der Waals surface area contributed by atoms with E-state index in [0.717, 1.165) is 63.4 Å². The fraction of sp³-hybridized carbons (Fsp3) is 0.857. The summed E-state index contributed by atoms with van der Waals surface area (Å²) in [7, 11) is 0. The number of hydrogen-bond acceptors (Lipinski definition) is 5. The van der Waals surface area contributed by atoms with E-state index >= 15 is 0 Å². The normalized spacial score (nSPS) is 51.3. The van der Waals surface area contributed by atoms with E-state index in [-0.39, 0.29) is 40.6 Å². The fourth-order valence-electron chi connectivity index (χ4n) is 10.3. The Hall–Kier alpha value is -1.60. The van der Waals surface area contributed by atoms with Gasteiger partial charge in [-0.2, -0.15) is 0 Å². The smallest absolute Gasteiger partial charge is 0.407 e. The number of carbonyl (C=O) groups is 2. The first-order valence-electron chi connectivity index (χ1n) is 13.9. The molecule has 6 aliphatic rings. The van der Waals surface area contributed by atoms with E-state index in [1.807, 2.05) is 0 Å². The molecule has 1 saturated heterocycles. The highest BCUT2D eigenvalue weighted by Crippen LogP contribution is 2.70. The van der Waals surface area contributed by atoms with Gasteiger partial charge in [0.25, 0.3) is 0 Å². The summed E-state index contributed by atoms with van der Waals surface area (Å²) in [6.07, 6.45) is 9.61.